The molecule has 152 valence electrons. The predicted octanol–water partition coefficient (Wildman–Crippen LogP) is 1.37. The van der Waals surface area contributed by atoms with E-state index >= 15 is 0 Å². The van der Waals surface area contributed by atoms with E-state index in [9.17, 15) is 9.59 Å². The first kappa shape index (κ1) is 21.8. The Bertz CT molecular complexity index is 673. The number of benzene rings is 1. The fourth-order valence-electron chi connectivity index (χ4n) is 4.08. The van der Waals surface area contributed by atoms with E-state index in [1.54, 1.807) is 0 Å². The van der Waals surface area contributed by atoms with E-state index in [4.69, 9.17) is 15.3 Å². The van der Waals surface area contributed by atoms with Crippen molar-refractivity contribution < 1.29 is 19.2 Å². The molecule has 2 heterocycles. The molecule has 0 bridgehead atoms. The Kier molecular flexibility index (Phi) is 8.85. The molecule has 7 nitrogen and oxygen atoms in total. The molecular formula is C21H29N3O4. The molecule has 2 fully saturated rings. The van der Waals surface area contributed by atoms with Crippen molar-refractivity contribution in [1.29, 1.82) is 0 Å². The Morgan fingerprint density at radius 1 is 1.04 bits per heavy atom. The van der Waals surface area contributed by atoms with Crippen LogP contribution in [-0.4, -0.2) is 59.5 Å². The van der Waals surface area contributed by atoms with Crippen molar-refractivity contribution in [1.82, 2.24) is 9.80 Å². The largest absolute Gasteiger partial charge is 0.373 e. The number of aryl methyl sites for hydroxylation is 1. The smallest absolute Gasteiger partial charge is 0.330 e. The van der Waals surface area contributed by atoms with Gasteiger partial charge in [-0.25, -0.2) is 0 Å². The molecule has 0 aliphatic carbocycles. The predicted molar refractivity (Wildman–Crippen MR) is 103 cm³/mol. The van der Waals surface area contributed by atoms with E-state index < -0.39 is 0 Å². The average Bonchev–Trinajstić information content (AvgIpc) is 3.19. The number of nitrogens with two attached hydrogens (primary N) is 1. The van der Waals surface area contributed by atoms with Gasteiger partial charge in [0, 0.05) is 13.1 Å². The molecule has 0 saturated carbocycles. The summed E-state index contributed by atoms with van der Waals surface area (Å²) >= 11 is 0. The number of hydrogen-bond donors (Lipinski definition) is 1. The molecule has 1 aromatic carbocycles. The molecule has 2 N–H and O–H groups in total. The Hall–Kier alpha value is -2.50. The Balaban J connectivity index is 0.000000878. The summed E-state index contributed by atoms with van der Waals surface area (Å²) in [7, 11) is 0. The molecule has 0 aromatic heterocycles. The Labute approximate surface area is 165 Å². The van der Waals surface area contributed by atoms with Gasteiger partial charge in [0.25, 0.3) is 0 Å². The van der Waals surface area contributed by atoms with E-state index in [-0.39, 0.29) is 30.0 Å². The van der Waals surface area contributed by atoms with Crippen LogP contribution in [0.1, 0.15) is 44.1 Å². The second-order valence-electron chi connectivity index (χ2n) is 7.19. The third kappa shape index (κ3) is 5.50. The van der Waals surface area contributed by atoms with Crippen LogP contribution in [0.15, 0.2) is 30.3 Å². The van der Waals surface area contributed by atoms with Crippen LogP contribution in [0.4, 0.5) is 0 Å². The van der Waals surface area contributed by atoms with Gasteiger partial charge in [-0.3, -0.25) is 9.59 Å². The fourth-order valence-corrected chi connectivity index (χ4v) is 4.08. The maximum atomic E-state index is 12.9. The second kappa shape index (κ2) is 11.4. The van der Waals surface area contributed by atoms with Gasteiger partial charge < -0.3 is 15.5 Å². The number of carbonyl (C=O) groups is 2. The summed E-state index contributed by atoms with van der Waals surface area (Å²) < 4.78 is 0. The molecule has 7 heteroatoms. The highest BCUT2D eigenvalue weighted by atomic mass is 16.2. The van der Waals surface area contributed by atoms with Gasteiger partial charge in [0.05, 0.1) is 0 Å². The minimum absolute atomic E-state index is 0.152. The molecule has 2 atom stereocenters. The number of hydrogen-bond acceptors (Lipinski definition) is 5. The maximum Gasteiger partial charge on any atom is 0.373 e. The molecule has 1 aromatic rings. The zero-order chi connectivity index (χ0) is 20.4. The van der Waals surface area contributed by atoms with Crippen molar-refractivity contribution in [3.63, 3.8) is 0 Å². The van der Waals surface area contributed by atoms with Gasteiger partial charge in [-0.15, -0.1) is 0 Å². The van der Waals surface area contributed by atoms with Gasteiger partial charge in [0.15, 0.2) is 0 Å². The van der Waals surface area contributed by atoms with Crippen molar-refractivity contribution in [3.05, 3.63) is 35.9 Å². The first-order valence-corrected chi connectivity index (χ1v) is 9.98. The number of carbonyl (C=O) groups excluding carboxylic acids is 4. The van der Waals surface area contributed by atoms with Gasteiger partial charge in [-0.05, 0) is 57.1 Å². The van der Waals surface area contributed by atoms with Crippen LogP contribution in [0.5, 0.6) is 0 Å². The summed E-state index contributed by atoms with van der Waals surface area (Å²) in [6.45, 7) is 2.03. The summed E-state index contributed by atoms with van der Waals surface area (Å²) in [5.41, 5.74) is 6.87. The zero-order valence-corrected chi connectivity index (χ0v) is 16.2. The van der Waals surface area contributed by atoms with Crippen LogP contribution < -0.4 is 5.73 Å². The topological polar surface area (TPSA) is 101 Å². The molecule has 3 rings (SSSR count). The van der Waals surface area contributed by atoms with E-state index in [1.165, 1.54) is 5.56 Å². The van der Waals surface area contributed by atoms with Gasteiger partial charge in [0.2, 0.25) is 11.8 Å². The third-order valence-electron chi connectivity index (χ3n) is 5.40. The van der Waals surface area contributed by atoms with Crippen LogP contribution in [0, 0.1) is 0 Å². The molecule has 2 saturated heterocycles. The van der Waals surface area contributed by atoms with Crippen LogP contribution in [0.3, 0.4) is 0 Å². The van der Waals surface area contributed by atoms with Crippen LogP contribution in [0.2, 0.25) is 0 Å². The lowest BCUT2D eigenvalue weighted by Crippen LogP contribution is -2.62. The average molecular weight is 387 g/mol. The van der Waals surface area contributed by atoms with Gasteiger partial charge in [-0.2, -0.15) is 9.59 Å². The van der Waals surface area contributed by atoms with Crippen LogP contribution in [0.25, 0.3) is 0 Å². The number of piperazine rings is 1. The molecule has 2 aliphatic heterocycles. The van der Waals surface area contributed by atoms with E-state index in [2.05, 4.69) is 12.1 Å². The third-order valence-corrected chi connectivity index (χ3v) is 5.40. The lowest BCUT2D eigenvalue weighted by molar-refractivity contribution is -0.191. The summed E-state index contributed by atoms with van der Waals surface area (Å²) in [5.74, 6) is 0.307. The van der Waals surface area contributed by atoms with E-state index in [0.29, 0.717) is 13.1 Å². The second-order valence-corrected chi connectivity index (χ2v) is 7.19. The number of fused-ring (bicyclic) bond motifs is 1. The van der Waals surface area contributed by atoms with Gasteiger partial charge in [-0.1, -0.05) is 30.3 Å². The Morgan fingerprint density at radius 3 is 2.43 bits per heavy atom. The zero-order valence-electron chi connectivity index (χ0n) is 16.2. The summed E-state index contributed by atoms with van der Waals surface area (Å²) in [6.07, 6.45) is 6.36. The SMILES string of the molecule is NCCCC[C@H]1C(=O)N2CCC[C@H]2C(=O)N1CCCc1ccccc1.O=C=O. The molecule has 2 aliphatic rings. The lowest BCUT2D eigenvalue weighted by atomic mass is 9.99. The number of amides is 2. The summed E-state index contributed by atoms with van der Waals surface area (Å²) in [4.78, 5) is 45.8. The van der Waals surface area contributed by atoms with Crippen molar-refractivity contribution in [3.8, 4) is 0 Å². The normalized spacial score (nSPS) is 21.0. The van der Waals surface area contributed by atoms with Gasteiger partial charge >= 0.3 is 6.15 Å². The highest BCUT2D eigenvalue weighted by Gasteiger charge is 2.46. The van der Waals surface area contributed by atoms with Gasteiger partial charge in [0.1, 0.15) is 12.1 Å². The number of unbranched alkanes of at least 4 members (excludes halogenated alkanes) is 1. The molecule has 0 unspecified atom stereocenters. The molecule has 0 radical (unpaired) electrons. The number of nitrogens with zero attached hydrogens (tertiary/aromatic N) is 2. The molecule has 2 amide bonds. The van der Waals surface area contributed by atoms with Crippen molar-refractivity contribution in [2.24, 2.45) is 5.73 Å². The monoisotopic (exact) mass is 387 g/mol. The maximum absolute atomic E-state index is 12.9. The molecule has 0 spiro atoms. The number of rotatable bonds is 8. The van der Waals surface area contributed by atoms with Crippen LogP contribution >= 0.6 is 0 Å². The van der Waals surface area contributed by atoms with Crippen molar-refractivity contribution in [2.45, 2.75) is 57.0 Å². The standard InChI is InChI=1S/C20H29N3O2.CO2/c21-13-5-4-11-17-19(24)23-15-7-12-18(23)20(25)22(17)14-6-10-16-8-2-1-3-9-16;2-1-3/h1-3,8-9,17-18H,4-7,10-15,21H2;/t17-,18-;/m0./s1. The summed E-state index contributed by atoms with van der Waals surface area (Å²) in [5, 5.41) is 0. The van der Waals surface area contributed by atoms with Crippen molar-refractivity contribution in [2.75, 3.05) is 19.6 Å². The van der Waals surface area contributed by atoms with E-state index in [0.717, 1.165) is 51.5 Å². The minimum atomic E-state index is -0.288. The van der Waals surface area contributed by atoms with Crippen LogP contribution in [-0.2, 0) is 25.6 Å². The highest BCUT2D eigenvalue weighted by molar-refractivity contribution is 5.97. The first-order valence-electron chi connectivity index (χ1n) is 9.98. The molecular weight excluding hydrogens is 358 g/mol. The first-order chi connectivity index (χ1) is 13.6. The quantitative estimate of drug-likeness (QED) is 0.679. The highest BCUT2D eigenvalue weighted by Crippen LogP contribution is 2.29. The minimum Gasteiger partial charge on any atom is -0.330 e. The fraction of sp³-hybridized carbons (Fsp3) is 0.571. The van der Waals surface area contributed by atoms with Crippen molar-refractivity contribution >= 4 is 18.0 Å². The summed E-state index contributed by atoms with van der Waals surface area (Å²) in [6, 6.07) is 9.81. The Morgan fingerprint density at radius 2 is 1.75 bits per heavy atom. The van der Waals surface area contributed by atoms with E-state index in [1.807, 2.05) is 28.0 Å². The molecule has 28 heavy (non-hydrogen) atoms. The lowest BCUT2D eigenvalue weighted by Gasteiger charge is -2.42.